The first-order valence-corrected chi connectivity index (χ1v) is 24.3. The Hall–Kier alpha value is -6.57. The number of anilines is 3. The number of fused-ring (bicyclic) bond motifs is 2. The summed E-state index contributed by atoms with van der Waals surface area (Å²) in [5, 5.41) is 3.00. The van der Waals surface area contributed by atoms with Gasteiger partial charge in [0, 0.05) is 103 Å². The van der Waals surface area contributed by atoms with Gasteiger partial charge in [-0.25, -0.2) is 18.2 Å². The minimum Gasteiger partial charge on any atom is -0.371 e. The highest BCUT2D eigenvalue weighted by Gasteiger charge is 2.44. The van der Waals surface area contributed by atoms with Crippen molar-refractivity contribution in [3.05, 3.63) is 119 Å². The Morgan fingerprint density at radius 3 is 2.24 bits per heavy atom. The number of rotatable bonds is 10. The number of benzene rings is 3. The molecule has 4 fully saturated rings. The maximum absolute atomic E-state index is 15.8. The minimum atomic E-state index is -4.37. The number of imide groups is 1. The zero-order valence-electron chi connectivity index (χ0n) is 37.5. The predicted molar refractivity (Wildman–Crippen MR) is 250 cm³/mol. The number of hydrogen-bond acceptors (Lipinski definition) is 10. The fourth-order valence-electron chi connectivity index (χ4n) is 10.7. The summed E-state index contributed by atoms with van der Waals surface area (Å²) in [5.41, 5.74) is 3.31. The van der Waals surface area contributed by atoms with Crippen molar-refractivity contribution in [1.82, 2.24) is 29.4 Å². The number of halogens is 3. The Bertz CT molecular complexity index is 3000. The number of piperazine rings is 1. The molecule has 2 aromatic heterocycles. The molecule has 0 bridgehead atoms. The van der Waals surface area contributed by atoms with Crippen LogP contribution in [0.2, 0.25) is 0 Å². The number of ketones is 1. The number of alkyl halides is 1. The van der Waals surface area contributed by atoms with Crippen LogP contribution in [0.1, 0.15) is 82.6 Å². The van der Waals surface area contributed by atoms with Crippen molar-refractivity contribution in [3.63, 3.8) is 0 Å². The topological polar surface area (TPSA) is 171 Å². The van der Waals surface area contributed by atoms with Crippen molar-refractivity contribution in [3.8, 4) is 11.1 Å². The second kappa shape index (κ2) is 17.5. The van der Waals surface area contributed by atoms with Crippen LogP contribution in [0.25, 0.3) is 22.2 Å². The van der Waals surface area contributed by atoms with Gasteiger partial charge in [-0.05, 0) is 100 Å². The van der Waals surface area contributed by atoms with Crippen LogP contribution >= 0.6 is 0 Å². The Kier molecular flexibility index (Phi) is 11.6. The Labute approximate surface area is 391 Å². The van der Waals surface area contributed by atoms with Gasteiger partial charge in [0.25, 0.3) is 11.8 Å². The number of H-pyrrole nitrogens is 1. The molecular weight excluding hydrogens is 900 g/mol. The van der Waals surface area contributed by atoms with Gasteiger partial charge in [-0.15, -0.1) is 0 Å². The lowest BCUT2D eigenvalue weighted by molar-refractivity contribution is -0.125. The molecule has 4 saturated heterocycles. The van der Waals surface area contributed by atoms with Crippen molar-refractivity contribution in [1.29, 1.82) is 0 Å². The molecule has 10 rings (SSSR count). The molecule has 3 N–H and O–H groups in total. The van der Waals surface area contributed by atoms with E-state index in [2.05, 4.69) is 50.4 Å². The van der Waals surface area contributed by atoms with Gasteiger partial charge in [-0.2, -0.15) is 12.7 Å². The Morgan fingerprint density at radius 2 is 1.54 bits per heavy atom. The summed E-state index contributed by atoms with van der Waals surface area (Å²) in [5.74, 6) is -4.85. The van der Waals surface area contributed by atoms with Gasteiger partial charge in [-0.1, -0.05) is 18.7 Å². The van der Waals surface area contributed by atoms with Gasteiger partial charge < -0.3 is 20.1 Å². The third-order valence-electron chi connectivity index (χ3n) is 14.1. The summed E-state index contributed by atoms with van der Waals surface area (Å²) < 4.78 is 73.3. The summed E-state index contributed by atoms with van der Waals surface area (Å²) in [6, 6.07) is 16.7. The van der Waals surface area contributed by atoms with E-state index in [-0.39, 0.29) is 36.5 Å². The van der Waals surface area contributed by atoms with Crippen LogP contribution in [0.3, 0.4) is 0 Å². The lowest BCUT2D eigenvalue weighted by Gasteiger charge is -2.50. The van der Waals surface area contributed by atoms with Crippen LogP contribution in [0.15, 0.2) is 85.3 Å². The fourth-order valence-corrected chi connectivity index (χ4v) is 11.9. The van der Waals surface area contributed by atoms with Gasteiger partial charge in [0.15, 0.2) is 5.82 Å². The molecule has 0 radical (unpaired) electrons. The first kappa shape index (κ1) is 45.2. The number of carbonyl (C=O) groups is 4. The molecule has 5 aliphatic rings. The van der Waals surface area contributed by atoms with E-state index in [4.69, 9.17) is 0 Å². The molecule has 19 heteroatoms. The van der Waals surface area contributed by atoms with E-state index in [1.54, 1.807) is 24.4 Å². The van der Waals surface area contributed by atoms with Crippen molar-refractivity contribution in [2.24, 2.45) is 0 Å². The highest BCUT2D eigenvalue weighted by Crippen LogP contribution is 2.36. The summed E-state index contributed by atoms with van der Waals surface area (Å²) in [7, 11) is -4.37. The first-order valence-electron chi connectivity index (χ1n) is 22.9. The molecular formula is C49H50F3N9O6S. The van der Waals surface area contributed by atoms with Gasteiger partial charge in [0.2, 0.25) is 11.7 Å². The van der Waals surface area contributed by atoms with E-state index < -0.39 is 69.5 Å². The third-order valence-corrected chi connectivity index (χ3v) is 15.6. The number of amides is 3. The summed E-state index contributed by atoms with van der Waals surface area (Å²) in [6.07, 6.45) is 4.32. The van der Waals surface area contributed by atoms with Crippen molar-refractivity contribution < 1.29 is 40.8 Å². The second-order valence-corrected chi connectivity index (χ2v) is 20.1. The van der Waals surface area contributed by atoms with E-state index >= 15 is 8.78 Å². The standard InChI is InChI=1S/C49H50F3N9O6S/c1-27-4-13-42(47(63)55-27)61-48(64)36-10-9-35(21-38(36)49(61)65)57-17-15-33(16-18-57)58-24-28(2)60(29(3)25-58)34-7-5-30(6-8-34)31-20-37-39(23-54-46(37)53-22-31)45(62)43-40(51)11-12-41(44(43)52)56-68(66,67)59-19-14-32(50)26-59/h5-12,20-23,28-29,32-33,42,56H,1,4,13-19,24-26H2,2-3H3,(H,53,54)(H,55,63)/t28-,29+,32-,42?/m1/s1. The largest absolute Gasteiger partial charge is 0.371 e. The molecule has 7 heterocycles. The normalized spacial score (nSPS) is 23.2. The number of hydrogen-bond donors (Lipinski definition) is 3. The number of pyridine rings is 1. The predicted octanol–water partition coefficient (Wildman–Crippen LogP) is 6.40. The smallest absolute Gasteiger partial charge is 0.301 e. The highest BCUT2D eigenvalue weighted by atomic mass is 32.2. The van der Waals surface area contributed by atoms with Crippen molar-refractivity contribution in [2.75, 3.05) is 53.8 Å². The zero-order chi connectivity index (χ0) is 47.8. The number of aromatic nitrogens is 2. The summed E-state index contributed by atoms with van der Waals surface area (Å²) >= 11 is 0. The van der Waals surface area contributed by atoms with Gasteiger partial charge in [-0.3, -0.25) is 33.7 Å². The van der Waals surface area contributed by atoms with Crippen molar-refractivity contribution >= 4 is 61.8 Å². The van der Waals surface area contributed by atoms with Gasteiger partial charge in [0.05, 0.1) is 22.4 Å². The minimum absolute atomic E-state index is 0.00240. The fraction of sp³-hybridized carbons (Fsp3) is 0.367. The van der Waals surface area contributed by atoms with Crippen LogP contribution in [-0.4, -0.2) is 126 Å². The number of allylic oxidation sites excluding steroid dienone is 1. The summed E-state index contributed by atoms with van der Waals surface area (Å²) in [6.45, 7) is 11.1. The highest BCUT2D eigenvalue weighted by molar-refractivity contribution is 7.90. The quantitative estimate of drug-likeness (QED) is 0.105. The molecule has 354 valence electrons. The third kappa shape index (κ3) is 8.08. The molecule has 3 aromatic carbocycles. The average molecular weight is 950 g/mol. The van der Waals surface area contributed by atoms with E-state index in [1.165, 1.54) is 6.20 Å². The molecule has 15 nitrogen and oxygen atoms in total. The number of carbonyl (C=O) groups excluding carboxylic acids is 4. The Balaban J connectivity index is 0.780. The van der Waals surface area contributed by atoms with Crippen LogP contribution in [0.5, 0.6) is 0 Å². The molecule has 4 atom stereocenters. The van der Waals surface area contributed by atoms with E-state index in [0.717, 1.165) is 77.3 Å². The molecule has 1 unspecified atom stereocenters. The Morgan fingerprint density at radius 1 is 0.838 bits per heavy atom. The second-order valence-electron chi connectivity index (χ2n) is 18.5. The van der Waals surface area contributed by atoms with E-state index in [1.807, 2.05) is 35.1 Å². The molecule has 3 amide bonds. The average Bonchev–Trinajstić information content (AvgIpc) is 4.03. The maximum atomic E-state index is 15.8. The van der Waals surface area contributed by atoms with Crippen LogP contribution in [0.4, 0.5) is 30.2 Å². The molecule has 5 aromatic rings. The maximum Gasteiger partial charge on any atom is 0.301 e. The lowest BCUT2D eigenvalue weighted by atomic mass is 9.97. The first-order chi connectivity index (χ1) is 32.6. The number of aromatic amines is 1. The lowest BCUT2D eigenvalue weighted by Crippen LogP contribution is -2.60. The van der Waals surface area contributed by atoms with Crippen LogP contribution < -0.4 is 19.8 Å². The molecule has 0 aliphatic carbocycles. The van der Waals surface area contributed by atoms with E-state index in [0.29, 0.717) is 52.3 Å². The number of piperidine rings is 2. The van der Waals surface area contributed by atoms with Crippen LogP contribution in [-0.2, 0) is 15.0 Å². The van der Waals surface area contributed by atoms with Gasteiger partial charge >= 0.3 is 10.2 Å². The van der Waals surface area contributed by atoms with Crippen LogP contribution in [0, 0.1) is 11.6 Å². The number of nitrogens with one attached hydrogen (secondary N) is 3. The number of nitrogens with zero attached hydrogens (tertiary/aromatic N) is 6. The van der Waals surface area contributed by atoms with Crippen molar-refractivity contribution in [2.45, 2.75) is 76.3 Å². The zero-order valence-corrected chi connectivity index (χ0v) is 38.3. The van der Waals surface area contributed by atoms with E-state index in [9.17, 15) is 32.0 Å². The molecule has 5 aliphatic heterocycles. The molecule has 68 heavy (non-hydrogen) atoms. The molecule has 0 spiro atoms. The molecule has 0 saturated carbocycles. The summed E-state index contributed by atoms with van der Waals surface area (Å²) in [4.78, 5) is 69.0. The monoisotopic (exact) mass is 949 g/mol. The van der Waals surface area contributed by atoms with Gasteiger partial charge in [0.1, 0.15) is 23.7 Å². The SMILES string of the molecule is C=C1CCC(N2C(=O)c3ccc(N4CCC(N5C[C@@H](C)N(c6ccc(-c7cnc8[nH]cc(C(=O)c9c(F)ccc(NS(=O)(=O)N%10CC[C@@H](F)C%10)c9F)c8c7)cc6)[C@@H](C)C5)CC4)cc3C2=O)C(=O)N1.